The molecule has 5 rings (SSSR count). The molecule has 0 spiro atoms. The third-order valence-electron chi connectivity index (χ3n) is 5.45. The van der Waals surface area contributed by atoms with Gasteiger partial charge in [0.1, 0.15) is 11.6 Å². The Bertz CT molecular complexity index is 1220. The van der Waals surface area contributed by atoms with Gasteiger partial charge >= 0.3 is 0 Å². The summed E-state index contributed by atoms with van der Waals surface area (Å²) in [7, 11) is 1.60. The summed E-state index contributed by atoms with van der Waals surface area (Å²) < 4.78 is 22.4. The summed E-state index contributed by atoms with van der Waals surface area (Å²) in [4.78, 5) is 17.6. The van der Waals surface area contributed by atoms with E-state index in [0.29, 0.717) is 29.9 Å². The fourth-order valence-electron chi connectivity index (χ4n) is 3.83. The van der Waals surface area contributed by atoms with E-state index in [1.165, 1.54) is 12.2 Å². The number of ketones is 1. The predicted octanol–water partition coefficient (Wildman–Crippen LogP) is 3.43. The number of halogens is 1. The molecule has 29 heavy (non-hydrogen) atoms. The van der Waals surface area contributed by atoms with Gasteiger partial charge in [0.25, 0.3) is 0 Å². The number of benzene rings is 1. The van der Waals surface area contributed by atoms with Gasteiger partial charge in [-0.25, -0.2) is 14.1 Å². The smallest absolute Gasteiger partial charge is 0.211 e. The minimum Gasteiger partial charge on any atom is -0.497 e. The zero-order chi connectivity index (χ0) is 20.1. The van der Waals surface area contributed by atoms with E-state index in [0.717, 1.165) is 22.8 Å². The van der Waals surface area contributed by atoms with Crippen LogP contribution >= 0.6 is 0 Å². The lowest BCUT2D eigenvalue weighted by molar-refractivity contribution is 0.102. The number of nitrogens with zero attached hydrogens (tertiary/aromatic N) is 5. The number of methoxy groups -OCH3 is 1. The number of aryl methyl sites for hydroxylation is 1. The van der Waals surface area contributed by atoms with Crippen molar-refractivity contribution in [2.45, 2.75) is 26.2 Å². The fraction of sp³-hybridized carbons (Fsp3) is 0.238. The molecule has 7 nitrogen and oxygen atoms in total. The number of ether oxygens (including phenoxy) is 1. The van der Waals surface area contributed by atoms with E-state index in [4.69, 9.17) is 4.74 Å². The molecule has 0 radical (unpaired) electrons. The number of fused-ring (bicyclic) bond motifs is 5. The molecule has 1 aromatic carbocycles. The molecular formula is C21H18FN5O2. The van der Waals surface area contributed by atoms with Crippen molar-refractivity contribution in [3.63, 3.8) is 0 Å². The quantitative estimate of drug-likeness (QED) is 0.500. The molecule has 3 aromatic rings. The van der Waals surface area contributed by atoms with E-state index in [-0.39, 0.29) is 23.7 Å². The fourth-order valence-corrected chi connectivity index (χ4v) is 3.83. The maximum atomic E-state index is 13.4. The van der Waals surface area contributed by atoms with E-state index < -0.39 is 0 Å². The van der Waals surface area contributed by atoms with Crippen LogP contribution in [0, 0.1) is 6.92 Å². The summed E-state index contributed by atoms with van der Waals surface area (Å²) in [6.45, 7) is 1.94. The normalized spacial score (nSPS) is 14.9. The zero-order valence-corrected chi connectivity index (χ0v) is 16.0. The molecule has 2 aliphatic rings. The molecule has 1 aliphatic carbocycles. The zero-order valence-electron chi connectivity index (χ0n) is 16.0. The number of carbonyl (C=O) groups excluding carboxylic acids is 1. The van der Waals surface area contributed by atoms with Gasteiger partial charge in [0.05, 0.1) is 41.9 Å². The molecule has 0 saturated heterocycles. The Morgan fingerprint density at radius 1 is 1.17 bits per heavy atom. The second kappa shape index (κ2) is 6.51. The van der Waals surface area contributed by atoms with Crippen LogP contribution in [0.5, 0.6) is 5.75 Å². The number of rotatable bonds is 3. The largest absolute Gasteiger partial charge is 0.497 e. The Morgan fingerprint density at radius 3 is 2.79 bits per heavy atom. The van der Waals surface area contributed by atoms with Crippen LogP contribution in [0.25, 0.3) is 11.4 Å². The van der Waals surface area contributed by atoms with Crippen molar-refractivity contribution in [3.8, 4) is 17.1 Å². The van der Waals surface area contributed by atoms with Crippen LogP contribution in [0.4, 0.5) is 4.39 Å². The van der Waals surface area contributed by atoms with Gasteiger partial charge in [0.15, 0.2) is 5.69 Å². The van der Waals surface area contributed by atoms with Gasteiger partial charge in [-0.15, -0.1) is 5.10 Å². The lowest BCUT2D eigenvalue weighted by Crippen LogP contribution is -2.11. The molecule has 2 aromatic heterocycles. The standard InChI is InChI=1S/C21H18FN5O2/c1-12-17-10-19-20(21(28)13-3-5-14(22)6-4-13)24-25-27(19)18-9-15(29-2)7-8-16(18)26(17)11-23-12/h3,5,7-9,11H,4,6,10H2,1-2H3. The van der Waals surface area contributed by atoms with Gasteiger partial charge in [-0.2, -0.15) is 0 Å². The molecule has 0 bridgehead atoms. The average molecular weight is 391 g/mol. The lowest BCUT2D eigenvalue weighted by atomic mass is 9.97. The molecule has 0 N–H and O–H groups in total. The SMILES string of the molecule is COc1ccc2c(c1)-n1nnc(C(=O)C3=CC=C(F)CC3)c1Cc1c(C)ncn1-2. The predicted molar refractivity (Wildman–Crippen MR) is 103 cm³/mol. The van der Waals surface area contributed by atoms with Gasteiger partial charge in [-0.3, -0.25) is 4.79 Å². The summed E-state index contributed by atoms with van der Waals surface area (Å²) >= 11 is 0. The summed E-state index contributed by atoms with van der Waals surface area (Å²) in [5.74, 6) is 0.239. The molecule has 0 unspecified atom stereocenters. The van der Waals surface area contributed by atoms with Gasteiger partial charge in [-0.1, -0.05) is 11.3 Å². The third-order valence-corrected chi connectivity index (χ3v) is 5.45. The maximum Gasteiger partial charge on any atom is 0.211 e. The number of hydrogen-bond acceptors (Lipinski definition) is 5. The first-order valence-corrected chi connectivity index (χ1v) is 9.33. The molecule has 0 atom stereocenters. The van der Waals surface area contributed by atoms with E-state index in [9.17, 15) is 9.18 Å². The van der Waals surface area contributed by atoms with Gasteiger partial charge in [0, 0.05) is 24.5 Å². The third kappa shape index (κ3) is 2.71. The first kappa shape index (κ1) is 17.5. The summed E-state index contributed by atoms with van der Waals surface area (Å²) in [6, 6.07) is 5.68. The number of aromatic nitrogens is 5. The average Bonchev–Trinajstić information content (AvgIpc) is 3.28. The lowest BCUT2D eigenvalue weighted by Gasteiger charge is -2.11. The Kier molecular flexibility index (Phi) is 3.94. The van der Waals surface area contributed by atoms with Crippen molar-refractivity contribution in [2.75, 3.05) is 7.11 Å². The van der Waals surface area contributed by atoms with Gasteiger partial charge in [0.2, 0.25) is 5.78 Å². The Morgan fingerprint density at radius 2 is 2.03 bits per heavy atom. The van der Waals surface area contributed by atoms with Crippen LogP contribution in [-0.2, 0) is 6.42 Å². The van der Waals surface area contributed by atoms with Crippen LogP contribution in [0.15, 0.2) is 48.1 Å². The van der Waals surface area contributed by atoms with E-state index >= 15 is 0 Å². The molecular weight excluding hydrogens is 373 g/mol. The van der Waals surface area contributed by atoms with Crippen LogP contribution < -0.4 is 4.74 Å². The van der Waals surface area contributed by atoms with Crippen molar-refractivity contribution in [3.05, 3.63) is 70.9 Å². The Balaban J connectivity index is 1.71. The topological polar surface area (TPSA) is 74.8 Å². The van der Waals surface area contributed by atoms with Crippen molar-refractivity contribution in [1.82, 2.24) is 24.5 Å². The minimum atomic E-state index is -0.219. The maximum absolute atomic E-state index is 13.4. The first-order chi connectivity index (χ1) is 14.1. The summed E-state index contributed by atoms with van der Waals surface area (Å²) in [5, 5.41) is 8.51. The second-order valence-electron chi connectivity index (χ2n) is 7.11. The van der Waals surface area contributed by atoms with Crippen molar-refractivity contribution < 1.29 is 13.9 Å². The van der Waals surface area contributed by atoms with Gasteiger partial charge in [-0.05, 0) is 31.6 Å². The number of carbonyl (C=O) groups is 1. The summed E-state index contributed by atoms with van der Waals surface area (Å²) in [5.41, 5.74) is 4.99. The van der Waals surface area contributed by atoms with E-state index in [1.807, 2.05) is 29.7 Å². The van der Waals surface area contributed by atoms with E-state index in [2.05, 4.69) is 15.3 Å². The van der Waals surface area contributed by atoms with Crippen LogP contribution in [-0.4, -0.2) is 37.4 Å². The minimum absolute atomic E-state index is 0.218. The van der Waals surface area contributed by atoms with Crippen LogP contribution in [0.3, 0.4) is 0 Å². The Hall–Kier alpha value is -3.55. The number of hydrogen-bond donors (Lipinski definition) is 0. The molecule has 0 fully saturated rings. The molecule has 146 valence electrons. The highest BCUT2D eigenvalue weighted by Gasteiger charge is 2.29. The Labute approximate surface area is 166 Å². The molecule has 8 heteroatoms. The van der Waals surface area contributed by atoms with Crippen molar-refractivity contribution >= 4 is 5.78 Å². The highest BCUT2D eigenvalue weighted by Crippen LogP contribution is 2.33. The van der Waals surface area contributed by atoms with Crippen LogP contribution in [0.1, 0.15) is 40.4 Å². The van der Waals surface area contributed by atoms with Crippen LogP contribution in [0.2, 0.25) is 0 Å². The molecule has 1 aliphatic heterocycles. The highest BCUT2D eigenvalue weighted by molar-refractivity contribution is 6.08. The van der Waals surface area contributed by atoms with Gasteiger partial charge < -0.3 is 9.30 Å². The molecule has 3 heterocycles. The summed E-state index contributed by atoms with van der Waals surface area (Å²) in [6.07, 6.45) is 5.69. The second-order valence-corrected chi connectivity index (χ2v) is 7.11. The molecule has 0 amide bonds. The number of allylic oxidation sites excluding steroid dienone is 4. The first-order valence-electron chi connectivity index (χ1n) is 9.33. The number of Topliss-reactive ketones (excluding diaryl/α,β-unsaturated/α-hetero) is 1. The van der Waals surface area contributed by atoms with E-state index in [1.54, 1.807) is 18.1 Å². The van der Waals surface area contributed by atoms with Crippen molar-refractivity contribution in [1.29, 1.82) is 0 Å². The van der Waals surface area contributed by atoms with Crippen molar-refractivity contribution in [2.24, 2.45) is 0 Å². The number of imidazole rings is 1. The molecule has 0 saturated carbocycles. The highest BCUT2D eigenvalue weighted by atomic mass is 19.1. The monoisotopic (exact) mass is 391 g/mol.